The Morgan fingerprint density at radius 3 is 2.53 bits per heavy atom. The van der Waals surface area contributed by atoms with Crippen molar-refractivity contribution in [1.82, 2.24) is 4.90 Å². The molecule has 1 aliphatic heterocycles. The van der Waals surface area contributed by atoms with Crippen LogP contribution in [0.5, 0.6) is 0 Å². The topological polar surface area (TPSA) is 29.3 Å². The maximum absolute atomic E-state index is 13.3. The van der Waals surface area contributed by atoms with Crippen LogP contribution in [0.15, 0.2) is 18.2 Å². The van der Waals surface area contributed by atoms with E-state index in [9.17, 15) is 4.39 Å². The fourth-order valence-electron chi connectivity index (χ4n) is 2.49. The fourth-order valence-corrected chi connectivity index (χ4v) is 2.72. The Bertz CT molecular complexity index is 357. The Morgan fingerprint density at radius 1 is 1.24 bits per heavy atom. The highest BCUT2D eigenvalue weighted by Crippen LogP contribution is 2.26. The zero-order valence-corrected chi connectivity index (χ0v) is 10.6. The maximum atomic E-state index is 13.3. The SMILES string of the molecule is NCC(c1cc(F)cc(Cl)c1)N1CCCCC1. The predicted molar refractivity (Wildman–Crippen MR) is 68.6 cm³/mol. The summed E-state index contributed by atoms with van der Waals surface area (Å²) in [5.74, 6) is -0.289. The summed E-state index contributed by atoms with van der Waals surface area (Å²) in [4.78, 5) is 2.33. The van der Waals surface area contributed by atoms with Crippen molar-refractivity contribution in [2.45, 2.75) is 25.3 Å². The molecule has 0 saturated carbocycles. The molecule has 1 aromatic rings. The van der Waals surface area contributed by atoms with Gasteiger partial charge in [-0.15, -0.1) is 0 Å². The second-order valence-electron chi connectivity index (χ2n) is 4.55. The van der Waals surface area contributed by atoms with E-state index in [1.165, 1.54) is 31.4 Å². The minimum Gasteiger partial charge on any atom is -0.329 e. The fraction of sp³-hybridized carbons (Fsp3) is 0.538. The van der Waals surface area contributed by atoms with E-state index >= 15 is 0 Å². The van der Waals surface area contributed by atoms with E-state index < -0.39 is 0 Å². The molecule has 1 atom stereocenters. The van der Waals surface area contributed by atoms with Crippen molar-refractivity contribution >= 4 is 11.6 Å². The van der Waals surface area contributed by atoms with Gasteiger partial charge in [0.15, 0.2) is 0 Å². The lowest BCUT2D eigenvalue weighted by Crippen LogP contribution is -2.37. The summed E-state index contributed by atoms with van der Waals surface area (Å²) in [6.45, 7) is 2.58. The van der Waals surface area contributed by atoms with E-state index in [2.05, 4.69) is 4.90 Å². The Balaban J connectivity index is 2.21. The van der Waals surface area contributed by atoms with Crippen LogP contribution in [0.2, 0.25) is 5.02 Å². The Labute approximate surface area is 107 Å². The van der Waals surface area contributed by atoms with Crippen molar-refractivity contribution in [3.8, 4) is 0 Å². The van der Waals surface area contributed by atoms with Gasteiger partial charge in [-0.05, 0) is 49.7 Å². The molecule has 2 N–H and O–H groups in total. The third-order valence-corrected chi connectivity index (χ3v) is 3.54. The Morgan fingerprint density at radius 2 is 1.94 bits per heavy atom. The van der Waals surface area contributed by atoms with Gasteiger partial charge in [0.05, 0.1) is 0 Å². The zero-order valence-electron chi connectivity index (χ0n) is 9.83. The van der Waals surface area contributed by atoms with Crippen LogP contribution < -0.4 is 5.73 Å². The van der Waals surface area contributed by atoms with Gasteiger partial charge in [-0.2, -0.15) is 0 Å². The number of piperidine rings is 1. The second kappa shape index (κ2) is 5.80. The summed E-state index contributed by atoms with van der Waals surface area (Å²) in [6.07, 6.45) is 3.66. The third kappa shape index (κ3) is 3.18. The molecule has 0 amide bonds. The minimum absolute atomic E-state index is 0.0866. The monoisotopic (exact) mass is 256 g/mol. The number of hydrogen-bond acceptors (Lipinski definition) is 2. The molecule has 1 saturated heterocycles. The quantitative estimate of drug-likeness (QED) is 0.901. The molecule has 17 heavy (non-hydrogen) atoms. The van der Waals surface area contributed by atoms with E-state index in [1.807, 2.05) is 6.07 Å². The van der Waals surface area contributed by atoms with Crippen molar-refractivity contribution in [2.24, 2.45) is 5.73 Å². The first-order chi connectivity index (χ1) is 8.20. The van der Waals surface area contributed by atoms with Gasteiger partial charge in [0.1, 0.15) is 5.82 Å². The molecule has 0 aliphatic carbocycles. The van der Waals surface area contributed by atoms with E-state index in [1.54, 1.807) is 0 Å². The van der Waals surface area contributed by atoms with E-state index in [0.29, 0.717) is 11.6 Å². The van der Waals surface area contributed by atoms with Gasteiger partial charge < -0.3 is 5.73 Å². The van der Waals surface area contributed by atoms with Crippen LogP contribution in [0.1, 0.15) is 30.9 Å². The summed E-state index contributed by atoms with van der Waals surface area (Å²) < 4.78 is 13.3. The molecule has 0 bridgehead atoms. The number of benzene rings is 1. The summed E-state index contributed by atoms with van der Waals surface area (Å²) in [7, 11) is 0. The number of nitrogens with two attached hydrogens (primary N) is 1. The minimum atomic E-state index is -0.289. The maximum Gasteiger partial charge on any atom is 0.125 e. The van der Waals surface area contributed by atoms with Gasteiger partial charge in [-0.1, -0.05) is 18.0 Å². The van der Waals surface area contributed by atoms with Gasteiger partial charge in [-0.3, -0.25) is 4.90 Å². The van der Waals surface area contributed by atoms with Gasteiger partial charge >= 0.3 is 0 Å². The zero-order chi connectivity index (χ0) is 12.3. The lowest BCUT2D eigenvalue weighted by molar-refractivity contribution is 0.167. The lowest BCUT2D eigenvalue weighted by Gasteiger charge is -2.34. The van der Waals surface area contributed by atoms with Gasteiger partial charge in [0, 0.05) is 17.6 Å². The van der Waals surface area contributed by atoms with Crippen LogP contribution in [-0.2, 0) is 0 Å². The summed E-state index contributed by atoms with van der Waals surface area (Å²) in [5.41, 5.74) is 6.72. The summed E-state index contributed by atoms with van der Waals surface area (Å²) in [6, 6.07) is 4.77. The molecule has 2 nitrogen and oxygen atoms in total. The molecule has 2 rings (SSSR count). The number of halogens is 2. The van der Waals surface area contributed by atoms with Crippen molar-refractivity contribution in [3.63, 3.8) is 0 Å². The van der Waals surface area contributed by atoms with Crippen molar-refractivity contribution in [3.05, 3.63) is 34.6 Å². The van der Waals surface area contributed by atoms with Crippen LogP contribution in [0.25, 0.3) is 0 Å². The van der Waals surface area contributed by atoms with Crippen LogP contribution >= 0.6 is 11.6 Å². The first-order valence-electron chi connectivity index (χ1n) is 6.11. The standard InChI is InChI=1S/C13H18ClFN2/c14-11-6-10(7-12(15)8-11)13(9-16)17-4-2-1-3-5-17/h6-8,13H,1-5,9,16H2. The van der Waals surface area contributed by atoms with Gasteiger partial charge in [-0.25, -0.2) is 4.39 Å². The predicted octanol–water partition coefficient (Wildman–Crippen LogP) is 2.96. The molecule has 1 heterocycles. The van der Waals surface area contributed by atoms with Gasteiger partial charge in [0.2, 0.25) is 0 Å². The first-order valence-corrected chi connectivity index (χ1v) is 6.48. The first kappa shape index (κ1) is 12.8. The van der Waals surface area contributed by atoms with E-state index in [-0.39, 0.29) is 11.9 Å². The Kier molecular flexibility index (Phi) is 4.37. The molecular weight excluding hydrogens is 239 g/mol. The normalized spacial score (nSPS) is 19.2. The highest BCUT2D eigenvalue weighted by atomic mass is 35.5. The van der Waals surface area contributed by atoms with Crippen LogP contribution in [0, 0.1) is 5.82 Å². The van der Waals surface area contributed by atoms with Crippen molar-refractivity contribution < 1.29 is 4.39 Å². The number of hydrogen-bond donors (Lipinski definition) is 1. The van der Waals surface area contributed by atoms with Crippen molar-refractivity contribution in [2.75, 3.05) is 19.6 Å². The molecule has 0 radical (unpaired) electrons. The number of rotatable bonds is 3. The average molecular weight is 257 g/mol. The second-order valence-corrected chi connectivity index (χ2v) is 4.99. The molecular formula is C13H18ClFN2. The van der Waals surface area contributed by atoms with Crippen LogP contribution in [-0.4, -0.2) is 24.5 Å². The Hall–Kier alpha value is -0.640. The van der Waals surface area contributed by atoms with E-state index in [4.69, 9.17) is 17.3 Å². The molecule has 94 valence electrons. The number of nitrogens with zero attached hydrogens (tertiary/aromatic N) is 1. The lowest BCUT2D eigenvalue weighted by atomic mass is 10.0. The summed E-state index contributed by atoms with van der Waals surface area (Å²) >= 11 is 5.89. The van der Waals surface area contributed by atoms with E-state index in [0.717, 1.165) is 18.7 Å². The largest absolute Gasteiger partial charge is 0.329 e. The van der Waals surface area contributed by atoms with Crippen molar-refractivity contribution in [1.29, 1.82) is 0 Å². The highest BCUT2D eigenvalue weighted by molar-refractivity contribution is 6.30. The third-order valence-electron chi connectivity index (χ3n) is 3.32. The molecule has 0 spiro atoms. The molecule has 0 aromatic heterocycles. The number of likely N-dealkylation sites (tertiary alicyclic amines) is 1. The molecule has 4 heteroatoms. The molecule has 1 unspecified atom stereocenters. The van der Waals surface area contributed by atoms with Gasteiger partial charge in [0.25, 0.3) is 0 Å². The van der Waals surface area contributed by atoms with Crippen LogP contribution in [0.3, 0.4) is 0 Å². The average Bonchev–Trinajstić information content (AvgIpc) is 2.30. The molecule has 1 aromatic carbocycles. The smallest absolute Gasteiger partial charge is 0.125 e. The van der Waals surface area contributed by atoms with Crippen LogP contribution in [0.4, 0.5) is 4.39 Å². The highest BCUT2D eigenvalue weighted by Gasteiger charge is 2.21. The molecule has 1 aliphatic rings. The molecule has 1 fully saturated rings. The summed E-state index contributed by atoms with van der Waals surface area (Å²) in [5, 5.41) is 0.440.